The Morgan fingerprint density at radius 3 is 2.50 bits per heavy atom. The first-order valence-corrected chi connectivity index (χ1v) is 9.15. The Labute approximate surface area is 148 Å². The molecule has 0 unspecified atom stereocenters. The molecule has 0 spiro atoms. The molecule has 2 aromatic rings. The highest BCUT2D eigenvalue weighted by Crippen LogP contribution is 2.19. The zero-order valence-corrected chi connectivity index (χ0v) is 15.4. The molecule has 0 N–H and O–H groups in total. The minimum atomic E-state index is -3.60. The molecule has 0 radical (unpaired) electrons. The predicted molar refractivity (Wildman–Crippen MR) is 94.8 cm³/mol. The number of hydrogen-bond donors (Lipinski definition) is 0. The van der Waals surface area contributed by atoms with Crippen molar-refractivity contribution in [3.8, 4) is 0 Å². The number of hydrogen-bond acceptors (Lipinski definition) is 3. The normalized spacial score (nSPS) is 12.0. The van der Waals surface area contributed by atoms with Crippen molar-refractivity contribution in [1.29, 1.82) is 0 Å². The van der Waals surface area contributed by atoms with Crippen LogP contribution in [-0.4, -0.2) is 32.6 Å². The first-order chi connectivity index (χ1) is 11.2. The third-order valence-electron chi connectivity index (χ3n) is 3.27. The first-order valence-electron chi connectivity index (χ1n) is 6.92. The van der Waals surface area contributed by atoms with Gasteiger partial charge in [-0.05, 0) is 51.8 Å². The van der Waals surface area contributed by atoms with Crippen molar-refractivity contribution < 1.29 is 17.6 Å². The van der Waals surface area contributed by atoms with Crippen molar-refractivity contribution in [2.24, 2.45) is 0 Å². The molecular weight excluding hydrogens is 397 g/mol. The van der Waals surface area contributed by atoms with Crippen LogP contribution >= 0.6 is 15.9 Å². The Morgan fingerprint density at radius 1 is 1.17 bits per heavy atom. The molecule has 0 aliphatic rings. The number of allylic oxidation sites excluding steroid dienone is 1. The lowest BCUT2D eigenvalue weighted by atomic mass is 10.1. The van der Waals surface area contributed by atoms with Gasteiger partial charge in [0.15, 0.2) is 5.78 Å². The highest BCUT2D eigenvalue weighted by Gasteiger charge is 2.18. The standard InChI is InChI=1S/C17H15BrFNO3S/c1-20(2)24(22,23)14-5-3-4-13(11-14)17(21)9-7-12-6-8-16(19)15(18)10-12/h3-11H,1-2H3/b9-7-. The third kappa shape index (κ3) is 4.17. The fraction of sp³-hybridized carbons (Fsp3) is 0.118. The molecule has 7 heteroatoms. The van der Waals surface area contributed by atoms with E-state index in [9.17, 15) is 17.6 Å². The van der Waals surface area contributed by atoms with Crippen LogP contribution in [0, 0.1) is 5.82 Å². The van der Waals surface area contributed by atoms with Crippen LogP contribution in [0.2, 0.25) is 0 Å². The summed E-state index contributed by atoms with van der Waals surface area (Å²) in [6.45, 7) is 0. The van der Waals surface area contributed by atoms with E-state index in [4.69, 9.17) is 0 Å². The van der Waals surface area contributed by atoms with Gasteiger partial charge in [0.1, 0.15) is 5.82 Å². The monoisotopic (exact) mass is 411 g/mol. The van der Waals surface area contributed by atoms with Gasteiger partial charge in [-0.2, -0.15) is 0 Å². The van der Waals surface area contributed by atoms with Gasteiger partial charge in [0.05, 0.1) is 9.37 Å². The van der Waals surface area contributed by atoms with Crippen LogP contribution < -0.4 is 0 Å². The third-order valence-corrected chi connectivity index (χ3v) is 5.69. The minimum Gasteiger partial charge on any atom is -0.289 e. The van der Waals surface area contributed by atoms with Gasteiger partial charge in [0, 0.05) is 19.7 Å². The van der Waals surface area contributed by atoms with Gasteiger partial charge >= 0.3 is 0 Å². The summed E-state index contributed by atoms with van der Waals surface area (Å²) < 4.78 is 38.8. The number of benzene rings is 2. The SMILES string of the molecule is CN(C)S(=O)(=O)c1cccc(C(=O)/C=C\c2ccc(F)c(Br)c2)c1. The van der Waals surface area contributed by atoms with Crippen LogP contribution in [0.15, 0.2) is 57.9 Å². The fourth-order valence-electron chi connectivity index (χ4n) is 1.90. The van der Waals surface area contributed by atoms with Gasteiger partial charge < -0.3 is 0 Å². The van der Waals surface area contributed by atoms with Gasteiger partial charge in [0.25, 0.3) is 0 Å². The second-order valence-electron chi connectivity index (χ2n) is 5.19. The highest BCUT2D eigenvalue weighted by atomic mass is 79.9. The van der Waals surface area contributed by atoms with Crippen molar-refractivity contribution in [2.45, 2.75) is 4.90 Å². The molecule has 126 valence electrons. The molecule has 0 bridgehead atoms. The topological polar surface area (TPSA) is 54.5 Å². The Morgan fingerprint density at radius 2 is 1.88 bits per heavy atom. The molecule has 0 atom stereocenters. The van der Waals surface area contributed by atoms with E-state index < -0.39 is 10.0 Å². The summed E-state index contributed by atoms with van der Waals surface area (Å²) in [6.07, 6.45) is 2.86. The fourth-order valence-corrected chi connectivity index (χ4v) is 3.25. The minimum absolute atomic E-state index is 0.0521. The Hall–Kier alpha value is -1.83. The van der Waals surface area contributed by atoms with Crippen LogP contribution in [0.4, 0.5) is 4.39 Å². The molecule has 0 aliphatic heterocycles. The van der Waals surface area contributed by atoms with E-state index in [1.54, 1.807) is 18.2 Å². The second-order valence-corrected chi connectivity index (χ2v) is 8.19. The lowest BCUT2D eigenvalue weighted by molar-refractivity contribution is 0.104. The maximum atomic E-state index is 13.2. The molecule has 0 heterocycles. The Balaban J connectivity index is 2.27. The summed E-state index contributed by atoms with van der Waals surface area (Å²) in [4.78, 5) is 12.3. The summed E-state index contributed by atoms with van der Waals surface area (Å²) in [5.74, 6) is -0.730. The Bertz CT molecular complexity index is 908. The smallest absolute Gasteiger partial charge is 0.242 e. The Kier molecular flexibility index (Phi) is 5.69. The number of sulfonamides is 1. The molecule has 0 saturated heterocycles. The molecule has 0 saturated carbocycles. The number of rotatable bonds is 5. The van der Waals surface area contributed by atoms with E-state index in [2.05, 4.69) is 15.9 Å². The number of carbonyl (C=O) groups excluding carboxylic acids is 1. The zero-order chi connectivity index (χ0) is 17.9. The van der Waals surface area contributed by atoms with Crippen LogP contribution in [0.5, 0.6) is 0 Å². The van der Waals surface area contributed by atoms with E-state index in [1.807, 2.05) is 0 Å². The quantitative estimate of drug-likeness (QED) is 0.556. The van der Waals surface area contributed by atoms with Crippen LogP contribution in [0.25, 0.3) is 6.08 Å². The summed E-state index contributed by atoms with van der Waals surface area (Å²) in [5.41, 5.74) is 0.907. The first kappa shape index (κ1) is 18.5. The lowest BCUT2D eigenvalue weighted by Gasteiger charge is -2.11. The predicted octanol–water partition coefficient (Wildman–Crippen LogP) is 3.73. The van der Waals surface area contributed by atoms with Gasteiger partial charge in [-0.1, -0.05) is 24.3 Å². The summed E-state index contributed by atoms with van der Waals surface area (Å²) in [6, 6.07) is 10.2. The zero-order valence-electron chi connectivity index (χ0n) is 13.0. The lowest BCUT2D eigenvalue weighted by Crippen LogP contribution is -2.22. The number of nitrogens with zero attached hydrogens (tertiary/aromatic N) is 1. The summed E-state index contributed by atoms with van der Waals surface area (Å²) in [7, 11) is -0.748. The molecular formula is C17H15BrFNO3S. The maximum absolute atomic E-state index is 13.2. The molecule has 0 fully saturated rings. The van der Waals surface area contributed by atoms with E-state index >= 15 is 0 Å². The van der Waals surface area contributed by atoms with E-state index in [-0.39, 0.29) is 22.1 Å². The molecule has 24 heavy (non-hydrogen) atoms. The van der Waals surface area contributed by atoms with Gasteiger partial charge in [-0.15, -0.1) is 0 Å². The number of carbonyl (C=O) groups is 1. The van der Waals surface area contributed by atoms with Crippen LogP contribution in [-0.2, 0) is 10.0 Å². The van der Waals surface area contributed by atoms with Crippen molar-refractivity contribution in [3.63, 3.8) is 0 Å². The van der Waals surface area contributed by atoms with Gasteiger partial charge in [-0.3, -0.25) is 4.79 Å². The second kappa shape index (κ2) is 7.38. The van der Waals surface area contributed by atoms with Crippen molar-refractivity contribution in [2.75, 3.05) is 14.1 Å². The molecule has 0 amide bonds. The number of ketones is 1. The van der Waals surface area contributed by atoms with Gasteiger partial charge in [0.2, 0.25) is 10.0 Å². The highest BCUT2D eigenvalue weighted by molar-refractivity contribution is 9.10. The van der Waals surface area contributed by atoms with Crippen molar-refractivity contribution in [3.05, 3.63) is 70.0 Å². The van der Waals surface area contributed by atoms with E-state index in [1.165, 1.54) is 50.5 Å². The maximum Gasteiger partial charge on any atom is 0.242 e. The summed E-state index contributed by atoms with van der Waals surface area (Å²) in [5, 5.41) is 0. The average molecular weight is 412 g/mol. The average Bonchev–Trinajstić information content (AvgIpc) is 2.55. The van der Waals surface area contributed by atoms with Crippen molar-refractivity contribution >= 4 is 37.8 Å². The van der Waals surface area contributed by atoms with Crippen LogP contribution in [0.1, 0.15) is 15.9 Å². The molecule has 2 aromatic carbocycles. The molecule has 2 rings (SSSR count). The largest absolute Gasteiger partial charge is 0.289 e. The van der Waals surface area contributed by atoms with Crippen molar-refractivity contribution in [1.82, 2.24) is 4.31 Å². The van der Waals surface area contributed by atoms with E-state index in [0.717, 1.165) is 4.31 Å². The molecule has 0 aromatic heterocycles. The molecule has 0 aliphatic carbocycles. The van der Waals surface area contributed by atoms with E-state index in [0.29, 0.717) is 10.0 Å². The van der Waals surface area contributed by atoms with Gasteiger partial charge in [-0.25, -0.2) is 17.1 Å². The molecule has 4 nitrogen and oxygen atoms in total. The van der Waals surface area contributed by atoms with Crippen LogP contribution in [0.3, 0.4) is 0 Å². The number of halogens is 2. The summed E-state index contributed by atoms with van der Waals surface area (Å²) >= 11 is 3.08.